The number of amides is 1. The molecule has 1 aromatic carbocycles. The molecule has 0 bridgehead atoms. The van der Waals surface area contributed by atoms with E-state index in [4.69, 9.17) is 11.6 Å². The van der Waals surface area contributed by atoms with Crippen molar-refractivity contribution in [1.82, 2.24) is 20.2 Å². The third kappa shape index (κ3) is 4.23. The Morgan fingerprint density at radius 3 is 2.62 bits per heavy atom. The number of aromatic nitrogens is 2. The van der Waals surface area contributed by atoms with Crippen molar-refractivity contribution in [2.75, 3.05) is 38.1 Å². The zero-order chi connectivity index (χ0) is 20.4. The van der Waals surface area contributed by atoms with E-state index in [2.05, 4.69) is 27.1 Å². The fourth-order valence-corrected chi connectivity index (χ4v) is 4.53. The van der Waals surface area contributed by atoms with E-state index in [-0.39, 0.29) is 11.9 Å². The number of anilines is 1. The van der Waals surface area contributed by atoms with Gasteiger partial charge < -0.3 is 15.1 Å². The monoisotopic (exact) mass is 413 g/mol. The lowest BCUT2D eigenvalue weighted by Gasteiger charge is -2.37. The number of carbonyl (C=O) groups excluding carboxylic acids is 1. The van der Waals surface area contributed by atoms with Crippen molar-refractivity contribution in [2.45, 2.75) is 38.1 Å². The average molecular weight is 414 g/mol. The third-order valence-corrected chi connectivity index (χ3v) is 6.39. The van der Waals surface area contributed by atoms with Gasteiger partial charge in [0, 0.05) is 42.5 Å². The van der Waals surface area contributed by atoms with Crippen LogP contribution in [0.5, 0.6) is 0 Å². The van der Waals surface area contributed by atoms with E-state index >= 15 is 0 Å². The third-order valence-electron chi connectivity index (χ3n) is 6.14. The molecule has 1 amide bonds. The van der Waals surface area contributed by atoms with Crippen LogP contribution < -0.4 is 10.2 Å². The van der Waals surface area contributed by atoms with Gasteiger partial charge in [-0.05, 0) is 49.9 Å². The number of aryl methyl sites for hydroxylation is 1. The highest BCUT2D eigenvalue weighted by Gasteiger charge is 2.31. The highest BCUT2D eigenvalue weighted by atomic mass is 35.5. The lowest BCUT2D eigenvalue weighted by atomic mass is 10.0. The lowest BCUT2D eigenvalue weighted by molar-refractivity contribution is -0.133. The smallest absolute Gasteiger partial charge is 0.240 e. The maximum absolute atomic E-state index is 13.1. The quantitative estimate of drug-likeness (QED) is 0.816. The summed E-state index contributed by atoms with van der Waals surface area (Å²) in [7, 11) is 1.85. The van der Waals surface area contributed by atoms with Crippen molar-refractivity contribution < 1.29 is 4.79 Å². The van der Waals surface area contributed by atoms with Crippen LogP contribution in [0.3, 0.4) is 0 Å². The second-order valence-electron chi connectivity index (χ2n) is 7.98. The molecule has 0 spiro atoms. The zero-order valence-electron chi connectivity index (χ0n) is 17.1. The Kier molecular flexibility index (Phi) is 6.01. The fourth-order valence-electron chi connectivity index (χ4n) is 4.40. The first-order valence-corrected chi connectivity index (χ1v) is 10.7. The molecule has 1 fully saturated rings. The van der Waals surface area contributed by atoms with Crippen molar-refractivity contribution in [3.05, 3.63) is 52.4 Å². The van der Waals surface area contributed by atoms with Gasteiger partial charge in [-0.3, -0.25) is 4.79 Å². The number of hydrogen-bond acceptors (Lipinski definition) is 5. The number of fused-ring (bicyclic) bond motifs is 1. The van der Waals surface area contributed by atoms with Gasteiger partial charge in [-0.25, -0.2) is 9.97 Å². The molecule has 2 heterocycles. The summed E-state index contributed by atoms with van der Waals surface area (Å²) in [4.78, 5) is 26.4. The maximum atomic E-state index is 13.1. The number of hydrogen-bond donors (Lipinski definition) is 1. The van der Waals surface area contributed by atoms with Crippen molar-refractivity contribution in [3.63, 3.8) is 0 Å². The van der Waals surface area contributed by atoms with Gasteiger partial charge in [-0.2, -0.15) is 0 Å². The Balaban J connectivity index is 1.39. The highest BCUT2D eigenvalue weighted by Crippen LogP contribution is 2.37. The minimum Gasteiger partial charge on any atom is -0.353 e. The Morgan fingerprint density at radius 1 is 1.21 bits per heavy atom. The molecule has 1 aromatic heterocycles. The van der Waals surface area contributed by atoms with Crippen LogP contribution in [0.25, 0.3) is 0 Å². The van der Waals surface area contributed by atoms with Crippen LogP contribution in [0.4, 0.5) is 5.82 Å². The predicted octanol–water partition coefficient (Wildman–Crippen LogP) is 2.66. The number of rotatable bonds is 5. The summed E-state index contributed by atoms with van der Waals surface area (Å²) in [5, 5.41) is 3.90. The standard InChI is InChI=1S/C22H28ClN5O/c1-15-3-8-18-20(15)21(26-14-25-18)27-9-11-28(12-10-27)22(29)19(24-2)13-16-4-6-17(23)7-5-16/h4-7,14-15,19,24H,3,8-13H2,1-2H3/t15-,19?/m1/s1. The molecule has 0 saturated carbocycles. The molecule has 1 N–H and O–H groups in total. The van der Waals surface area contributed by atoms with Gasteiger partial charge in [0.1, 0.15) is 12.1 Å². The van der Waals surface area contributed by atoms with Crippen LogP contribution in [-0.4, -0.2) is 60.0 Å². The normalized spacial score (nSPS) is 19.9. The summed E-state index contributed by atoms with van der Waals surface area (Å²) in [6.45, 7) is 5.29. The number of nitrogens with one attached hydrogen (secondary N) is 1. The van der Waals surface area contributed by atoms with Crippen LogP contribution in [0.15, 0.2) is 30.6 Å². The van der Waals surface area contributed by atoms with E-state index in [9.17, 15) is 4.79 Å². The molecule has 1 unspecified atom stereocenters. The topological polar surface area (TPSA) is 61.4 Å². The number of halogens is 1. The molecule has 29 heavy (non-hydrogen) atoms. The van der Waals surface area contributed by atoms with Crippen LogP contribution >= 0.6 is 11.6 Å². The largest absolute Gasteiger partial charge is 0.353 e. The summed E-state index contributed by atoms with van der Waals surface area (Å²) in [5.41, 5.74) is 3.61. The molecule has 4 rings (SSSR count). The SMILES string of the molecule is CNC(Cc1ccc(Cl)cc1)C(=O)N1CCN(c2ncnc3c2[C@H](C)CC3)CC1. The van der Waals surface area contributed by atoms with Crippen LogP contribution in [0.2, 0.25) is 5.02 Å². The Labute approximate surface area is 177 Å². The molecular formula is C22H28ClN5O. The number of likely N-dealkylation sites (N-methyl/N-ethyl adjacent to an activating group) is 1. The van der Waals surface area contributed by atoms with E-state index < -0.39 is 0 Å². The number of carbonyl (C=O) groups is 1. The van der Waals surface area contributed by atoms with E-state index in [0.717, 1.165) is 37.3 Å². The Morgan fingerprint density at radius 2 is 1.93 bits per heavy atom. The first-order chi connectivity index (χ1) is 14.1. The summed E-state index contributed by atoms with van der Waals surface area (Å²) < 4.78 is 0. The van der Waals surface area contributed by atoms with Gasteiger partial charge in [0.2, 0.25) is 5.91 Å². The van der Waals surface area contributed by atoms with Gasteiger partial charge in [-0.1, -0.05) is 30.7 Å². The minimum atomic E-state index is -0.231. The molecule has 154 valence electrons. The predicted molar refractivity (Wildman–Crippen MR) is 116 cm³/mol. The molecule has 1 aliphatic heterocycles. The minimum absolute atomic E-state index is 0.156. The molecule has 0 radical (unpaired) electrons. The van der Waals surface area contributed by atoms with Crippen molar-refractivity contribution in [1.29, 1.82) is 0 Å². The average Bonchev–Trinajstić information content (AvgIpc) is 3.14. The first-order valence-electron chi connectivity index (χ1n) is 10.4. The van der Waals surface area contributed by atoms with Crippen molar-refractivity contribution >= 4 is 23.3 Å². The van der Waals surface area contributed by atoms with E-state index in [1.165, 1.54) is 11.3 Å². The number of piperazine rings is 1. The van der Waals surface area contributed by atoms with Crippen molar-refractivity contribution in [2.24, 2.45) is 0 Å². The van der Waals surface area contributed by atoms with E-state index in [1.807, 2.05) is 36.2 Å². The highest BCUT2D eigenvalue weighted by molar-refractivity contribution is 6.30. The Hall–Kier alpha value is -2.18. The molecule has 2 aliphatic rings. The molecule has 2 atom stereocenters. The van der Waals surface area contributed by atoms with Gasteiger partial charge in [0.15, 0.2) is 0 Å². The van der Waals surface area contributed by atoms with Crippen molar-refractivity contribution in [3.8, 4) is 0 Å². The fraction of sp³-hybridized carbons (Fsp3) is 0.500. The molecule has 1 saturated heterocycles. The van der Waals surface area contributed by atoms with Gasteiger partial charge in [0.05, 0.1) is 6.04 Å². The molecule has 1 aliphatic carbocycles. The van der Waals surface area contributed by atoms with Crippen LogP contribution in [0, 0.1) is 0 Å². The summed E-state index contributed by atoms with van der Waals surface area (Å²) >= 11 is 5.97. The molecule has 2 aromatic rings. The van der Waals surface area contributed by atoms with E-state index in [1.54, 1.807) is 6.33 Å². The first kappa shape index (κ1) is 20.1. The van der Waals surface area contributed by atoms with Crippen LogP contribution in [0.1, 0.15) is 36.1 Å². The van der Waals surface area contributed by atoms with Gasteiger partial charge in [0.25, 0.3) is 0 Å². The van der Waals surface area contributed by atoms with E-state index in [0.29, 0.717) is 30.5 Å². The molecular weight excluding hydrogens is 386 g/mol. The van der Waals surface area contributed by atoms with Crippen LogP contribution in [-0.2, 0) is 17.6 Å². The summed E-state index contributed by atoms with van der Waals surface area (Å²) in [6.07, 6.45) is 4.53. The second kappa shape index (κ2) is 8.67. The second-order valence-corrected chi connectivity index (χ2v) is 8.42. The zero-order valence-corrected chi connectivity index (χ0v) is 17.8. The van der Waals surface area contributed by atoms with Gasteiger partial charge in [-0.15, -0.1) is 0 Å². The number of benzene rings is 1. The number of nitrogens with zero attached hydrogens (tertiary/aromatic N) is 4. The molecule has 7 heteroatoms. The summed E-state index contributed by atoms with van der Waals surface area (Å²) in [6, 6.07) is 7.47. The van der Waals surface area contributed by atoms with Gasteiger partial charge >= 0.3 is 0 Å². The maximum Gasteiger partial charge on any atom is 0.240 e. The lowest BCUT2D eigenvalue weighted by Crippen LogP contribution is -2.54. The summed E-state index contributed by atoms with van der Waals surface area (Å²) in [5.74, 6) is 1.73. The molecule has 6 nitrogen and oxygen atoms in total. The Bertz CT molecular complexity index is 864.